The minimum Gasteiger partial charge on any atom is -0.493 e. The second kappa shape index (κ2) is 11.0. The molecule has 1 atom stereocenters. The van der Waals surface area contributed by atoms with Crippen LogP contribution in [0.4, 0.5) is 0 Å². The summed E-state index contributed by atoms with van der Waals surface area (Å²) >= 11 is 0. The molecule has 0 amide bonds. The molecule has 40 heavy (non-hydrogen) atoms. The molecule has 1 heterocycles. The van der Waals surface area contributed by atoms with Crippen LogP contribution in [0, 0.1) is 11.3 Å². The van der Waals surface area contributed by atoms with E-state index in [4.69, 9.17) is 14.2 Å². The van der Waals surface area contributed by atoms with Gasteiger partial charge in [0, 0.05) is 39.4 Å². The van der Waals surface area contributed by atoms with Gasteiger partial charge in [0.05, 0.1) is 37.1 Å². The lowest BCUT2D eigenvalue weighted by Crippen LogP contribution is -2.29. The molecule has 7 heteroatoms. The summed E-state index contributed by atoms with van der Waals surface area (Å²) in [5.41, 5.74) is 6.24. The highest BCUT2D eigenvalue weighted by Gasteiger charge is 2.43. The quantitative estimate of drug-likeness (QED) is 0.297. The van der Waals surface area contributed by atoms with Crippen molar-refractivity contribution in [2.45, 2.75) is 25.9 Å². The number of fused-ring (bicyclic) bond motifs is 2. The van der Waals surface area contributed by atoms with Gasteiger partial charge in [-0.1, -0.05) is 54.6 Å². The number of Topliss-reactive ketones (excluding diaryl/α,β-unsaturated/α-hetero) is 1. The molecule has 2 aliphatic rings. The Bertz CT molecular complexity index is 1660. The first kappa shape index (κ1) is 26.5. The SMILES string of the molecule is C=CCc1cc([C@H]2C(C(=O)OC)=C(C)NC3=C2C(=O)c2ccccc23)cc(OC)c1OCc1ccccc1C#N. The van der Waals surface area contributed by atoms with Crippen molar-refractivity contribution >= 4 is 17.4 Å². The predicted octanol–water partition coefficient (Wildman–Crippen LogP) is 5.62. The molecule has 0 radical (unpaired) electrons. The first-order chi connectivity index (χ1) is 19.4. The number of ether oxygens (including phenoxy) is 3. The van der Waals surface area contributed by atoms with Gasteiger partial charge in [-0.25, -0.2) is 4.79 Å². The van der Waals surface area contributed by atoms with E-state index in [1.54, 1.807) is 44.4 Å². The van der Waals surface area contributed by atoms with Gasteiger partial charge in [-0.2, -0.15) is 5.26 Å². The Morgan fingerprint density at radius 3 is 2.50 bits per heavy atom. The molecular formula is C33H28N2O5. The lowest BCUT2D eigenvalue weighted by molar-refractivity contribution is -0.136. The fraction of sp³-hybridized carbons (Fsp3) is 0.182. The summed E-state index contributed by atoms with van der Waals surface area (Å²) in [4.78, 5) is 26.9. The molecule has 0 fully saturated rings. The van der Waals surface area contributed by atoms with Crippen LogP contribution in [0.25, 0.3) is 5.70 Å². The number of benzene rings is 3. The summed E-state index contributed by atoms with van der Waals surface area (Å²) in [6, 6.07) is 20.6. The number of nitrogens with zero attached hydrogens (tertiary/aromatic N) is 1. The van der Waals surface area contributed by atoms with Crippen molar-refractivity contribution < 1.29 is 23.8 Å². The zero-order valence-corrected chi connectivity index (χ0v) is 22.5. The van der Waals surface area contributed by atoms with Gasteiger partial charge in [-0.3, -0.25) is 4.79 Å². The molecule has 0 unspecified atom stereocenters. The monoisotopic (exact) mass is 532 g/mol. The average molecular weight is 533 g/mol. The maximum Gasteiger partial charge on any atom is 0.336 e. The summed E-state index contributed by atoms with van der Waals surface area (Å²) < 4.78 is 17.2. The van der Waals surface area contributed by atoms with Crippen LogP contribution in [0.15, 0.2) is 90.2 Å². The molecule has 0 saturated carbocycles. The molecule has 3 aromatic carbocycles. The van der Waals surface area contributed by atoms with E-state index < -0.39 is 11.9 Å². The number of ketones is 1. The number of rotatable bonds is 8. The predicted molar refractivity (Wildman–Crippen MR) is 151 cm³/mol. The van der Waals surface area contributed by atoms with Crippen molar-refractivity contribution in [1.82, 2.24) is 5.32 Å². The summed E-state index contributed by atoms with van der Waals surface area (Å²) in [7, 11) is 2.87. The standard InChI is InChI=1S/C33H28N2O5/c1-5-10-20-15-23(16-26(38-3)32(20)40-18-22-12-7-6-11-21(22)17-34)28-27(33(37)39-4)19(2)35-30-24-13-8-9-14-25(24)31(36)29(28)30/h5-9,11-16,28,35H,1,10,18H2,2-4H3/t28-/m0/s1. The Balaban J connectivity index is 1.65. The van der Waals surface area contributed by atoms with E-state index in [2.05, 4.69) is 18.0 Å². The number of carbonyl (C=O) groups excluding carboxylic acids is 2. The van der Waals surface area contributed by atoms with Crippen LogP contribution in [-0.2, 0) is 22.6 Å². The number of allylic oxidation sites excluding steroid dienone is 3. The largest absolute Gasteiger partial charge is 0.493 e. The fourth-order valence-electron chi connectivity index (χ4n) is 5.42. The van der Waals surface area contributed by atoms with Crippen molar-refractivity contribution in [1.29, 1.82) is 5.26 Å². The number of esters is 1. The molecule has 0 bridgehead atoms. The lowest BCUT2D eigenvalue weighted by Gasteiger charge is -2.30. The summed E-state index contributed by atoms with van der Waals surface area (Å²) in [6.45, 7) is 5.87. The smallest absolute Gasteiger partial charge is 0.336 e. The van der Waals surface area contributed by atoms with Crippen molar-refractivity contribution in [2.75, 3.05) is 14.2 Å². The second-order valence-electron chi connectivity index (χ2n) is 9.51. The van der Waals surface area contributed by atoms with Crippen molar-refractivity contribution in [2.24, 2.45) is 0 Å². The summed E-state index contributed by atoms with van der Waals surface area (Å²) in [5.74, 6) is -0.426. The van der Waals surface area contributed by atoms with E-state index in [-0.39, 0.29) is 12.4 Å². The van der Waals surface area contributed by atoms with Crippen LogP contribution in [0.3, 0.4) is 0 Å². The number of nitrogens with one attached hydrogen (secondary N) is 1. The molecule has 7 nitrogen and oxygen atoms in total. The van der Waals surface area contributed by atoms with Crippen molar-refractivity contribution in [3.05, 3.63) is 124 Å². The zero-order chi connectivity index (χ0) is 28.4. The van der Waals surface area contributed by atoms with Crippen molar-refractivity contribution in [3.63, 3.8) is 0 Å². The molecule has 200 valence electrons. The Kier molecular flexibility index (Phi) is 7.26. The van der Waals surface area contributed by atoms with Gasteiger partial charge in [0.25, 0.3) is 0 Å². The lowest BCUT2D eigenvalue weighted by atomic mass is 9.79. The van der Waals surface area contributed by atoms with E-state index in [0.717, 1.165) is 16.7 Å². The maximum atomic E-state index is 13.8. The normalized spacial score (nSPS) is 15.6. The fourth-order valence-corrected chi connectivity index (χ4v) is 5.42. The van der Waals surface area contributed by atoms with Crippen molar-refractivity contribution in [3.8, 4) is 17.6 Å². The van der Waals surface area contributed by atoms with E-state index in [1.807, 2.05) is 36.4 Å². The number of carbonyl (C=O) groups is 2. The molecule has 0 saturated heterocycles. The van der Waals surface area contributed by atoms with Crippen LogP contribution >= 0.6 is 0 Å². The third-order valence-corrected chi connectivity index (χ3v) is 7.24. The topological polar surface area (TPSA) is 97.7 Å². The highest BCUT2D eigenvalue weighted by molar-refractivity contribution is 6.23. The Morgan fingerprint density at radius 2 is 1.80 bits per heavy atom. The second-order valence-corrected chi connectivity index (χ2v) is 9.51. The molecule has 0 spiro atoms. The average Bonchev–Trinajstić information content (AvgIpc) is 3.26. The molecule has 1 N–H and O–H groups in total. The van der Waals surface area contributed by atoms with Crippen LogP contribution in [0.5, 0.6) is 11.5 Å². The van der Waals surface area contributed by atoms with E-state index in [1.165, 1.54) is 7.11 Å². The summed E-state index contributed by atoms with van der Waals surface area (Å²) in [5, 5.41) is 12.8. The number of dihydropyridines is 1. The van der Waals surface area contributed by atoms with E-state index >= 15 is 0 Å². The Hall–Kier alpha value is -5.09. The van der Waals surface area contributed by atoms with Crippen LogP contribution in [0.2, 0.25) is 0 Å². The highest BCUT2D eigenvalue weighted by Crippen LogP contribution is 2.48. The molecule has 3 aromatic rings. The van der Waals surface area contributed by atoms with Gasteiger partial charge in [-0.05, 0) is 31.0 Å². The first-order valence-corrected chi connectivity index (χ1v) is 12.8. The molecule has 5 rings (SSSR count). The van der Waals surface area contributed by atoms with E-state index in [0.29, 0.717) is 57.2 Å². The highest BCUT2D eigenvalue weighted by atomic mass is 16.5. The molecule has 1 aliphatic heterocycles. The van der Waals surface area contributed by atoms with E-state index in [9.17, 15) is 14.9 Å². The number of nitriles is 1. The van der Waals surface area contributed by atoms with Gasteiger partial charge < -0.3 is 19.5 Å². The van der Waals surface area contributed by atoms with Crippen LogP contribution in [-0.4, -0.2) is 26.0 Å². The third kappa shape index (κ3) is 4.44. The number of hydrogen-bond donors (Lipinski definition) is 1. The Labute approximate surface area is 233 Å². The maximum absolute atomic E-state index is 13.8. The van der Waals surface area contributed by atoms with Gasteiger partial charge in [0.2, 0.25) is 0 Å². The summed E-state index contributed by atoms with van der Waals surface area (Å²) in [6.07, 6.45) is 2.20. The minimum atomic E-state index is -0.700. The number of hydrogen-bond acceptors (Lipinski definition) is 7. The molecule has 1 aliphatic carbocycles. The Morgan fingerprint density at radius 1 is 1.07 bits per heavy atom. The van der Waals surface area contributed by atoms with Crippen LogP contribution in [0.1, 0.15) is 51.0 Å². The van der Waals surface area contributed by atoms with Gasteiger partial charge in [0.1, 0.15) is 6.61 Å². The molecular weight excluding hydrogens is 504 g/mol. The van der Waals surface area contributed by atoms with Gasteiger partial charge >= 0.3 is 5.97 Å². The van der Waals surface area contributed by atoms with Gasteiger partial charge in [0.15, 0.2) is 17.3 Å². The minimum absolute atomic E-state index is 0.144. The zero-order valence-electron chi connectivity index (χ0n) is 22.5. The number of methoxy groups -OCH3 is 2. The van der Waals surface area contributed by atoms with Gasteiger partial charge in [-0.15, -0.1) is 6.58 Å². The third-order valence-electron chi connectivity index (χ3n) is 7.24. The molecule has 0 aromatic heterocycles. The van der Waals surface area contributed by atoms with Crippen LogP contribution < -0.4 is 14.8 Å². The first-order valence-electron chi connectivity index (χ1n) is 12.8.